The molecule has 0 fully saturated rings. The Kier molecular flexibility index (Phi) is 3.71. The number of hydrogen-bond acceptors (Lipinski definition) is 3. The first-order valence-electron chi connectivity index (χ1n) is 4.29. The average Bonchev–Trinajstić information content (AvgIpc) is 2.14. The molecule has 2 N–H and O–H groups in total. The molecule has 4 nitrogen and oxygen atoms in total. The standard InChI is InChI=1S/C9H12ClN3O/c1-2-13(6-8(11)14)9-5-3-4-7(10)12-9/h3-5H,2,6H2,1H3,(H2,11,14). The Labute approximate surface area is 87.7 Å². The lowest BCUT2D eigenvalue weighted by Crippen LogP contribution is -2.34. The number of amides is 1. The third-order valence-corrected chi connectivity index (χ3v) is 1.96. The minimum absolute atomic E-state index is 0.157. The predicted molar refractivity (Wildman–Crippen MR) is 56.3 cm³/mol. The highest BCUT2D eigenvalue weighted by molar-refractivity contribution is 6.29. The topological polar surface area (TPSA) is 59.2 Å². The van der Waals surface area contributed by atoms with Gasteiger partial charge in [-0.2, -0.15) is 0 Å². The van der Waals surface area contributed by atoms with Crippen molar-refractivity contribution >= 4 is 23.3 Å². The number of halogens is 1. The quantitative estimate of drug-likeness (QED) is 0.761. The Bertz CT molecular complexity index is 330. The maximum Gasteiger partial charge on any atom is 0.236 e. The van der Waals surface area contributed by atoms with E-state index in [4.69, 9.17) is 17.3 Å². The van der Waals surface area contributed by atoms with Crippen LogP contribution in [0.4, 0.5) is 5.82 Å². The van der Waals surface area contributed by atoms with Crippen molar-refractivity contribution in [2.75, 3.05) is 18.0 Å². The van der Waals surface area contributed by atoms with Gasteiger partial charge in [0.25, 0.3) is 0 Å². The summed E-state index contributed by atoms with van der Waals surface area (Å²) in [6.07, 6.45) is 0. The molecule has 1 heterocycles. The van der Waals surface area contributed by atoms with E-state index in [1.165, 1.54) is 0 Å². The summed E-state index contributed by atoms with van der Waals surface area (Å²) in [6.45, 7) is 2.74. The van der Waals surface area contributed by atoms with E-state index in [1.807, 2.05) is 6.92 Å². The molecular weight excluding hydrogens is 202 g/mol. The van der Waals surface area contributed by atoms with Crippen LogP contribution in [0.15, 0.2) is 18.2 Å². The third-order valence-electron chi connectivity index (χ3n) is 1.75. The van der Waals surface area contributed by atoms with E-state index in [1.54, 1.807) is 23.1 Å². The van der Waals surface area contributed by atoms with Crippen LogP contribution in [0.3, 0.4) is 0 Å². The number of nitrogens with zero attached hydrogens (tertiary/aromatic N) is 2. The second-order valence-corrected chi connectivity index (χ2v) is 3.19. The van der Waals surface area contributed by atoms with Crippen molar-refractivity contribution in [2.45, 2.75) is 6.92 Å². The molecule has 0 unspecified atom stereocenters. The van der Waals surface area contributed by atoms with E-state index in [9.17, 15) is 4.79 Å². The van der Waals surface area contributed by atoms with Crippen molar-refractivity contribution in [3.63, 3.8) is 0 Å². The van der Waals surface area contributed by atoms with Crippen molar-refractivity contribution in [3.8, 4) is 0 Å². The largest absolute Gasteiger partial charge is 0.368 e. The van der Waals surface area contributed by atoms with Gasteiger partial charge in [-0.25, -0.2) is 4.98 Å². The van der Waals surface area contributed by atoms with Crippen molar-refractivity contribution < 1.29 is 4.79 Å². The summed E-state index contributed by atoms with van der Waals surface area (Å²) in [6, 6.07) is 5.26. The molecule has 0 spiro atoms. The first-order valence-corrected chi connectivity index (χ1v) is 4.67. The summed E-state index contributed by atoms with van der Waals surface area (Å²) >= 11 is 5.73. The van der Waals surface area contributed by atoms with Crippen LogP contribution in [0, 0.1) is 0 Å². The van der Waals surface area contributed by atoms with E-state index < -0.39 is 0 Å². The van der Waals surface area contributed by atoms with Gasteiger partial charge in [0.15, 0.2) is 0 Å². The summed E-state index contributed by atoms with van der Waals surface area (Å²) < 4.78 is 0. The number of nitrogens with two attached hydrogens (primary N) is 1. The molecule has 0 aliphatic rings. The second-order valence-electron chi connectivity index (χ2n) is 2.80. The minimum Gasteiger partial charge on any atom is -0.368 e. The van der Waals surface area contributed by atoms with E-state index in [0.29, 0.717) is 17.5 Å². The van der Waals surface area contributed by atoms with Gasteiger partial charge in [-0.05, 0) is 19.1 Å². The number of carbonyl (C=O) groups is 1. The third kappa shape index (κ3) is 2.88. The van der Waals surface area contributed by atoms with Crippen molar-refractivity contribution in [1.82, 2.24) is 4.98 Å². The molecule has 0 aliphatic heterocycles. The second kappa shape index (κ2) is 4.81. The van der Waals surface area contributed by atoms with Crippen molar-refractivity contribution in [2.24, 2.45) is 5.73 Å². The number of hydrogen-bond donors (Lipinski definition) is 1. The predicted octanol–water partition coefficient (Wildman–Crippen LogP) is 1.05. The summed E-state index contributed by atoms with van der Waals surface area (Å²) in [5.41, 5.74) is 5.10. The lowest BCUT2D eigenvalue weighted by Gasteiger charge is -2.19. The van der Waals surface area contributed by atoms with E-state index in [2.05, 4.69) is 4.98 Å². The van der Waals surface area contributed by atoms with Crippen molar-refractivity contribution in [1.29, 1.82) is 0 Å². The molecule has 0 aromatic carbocycles. The Morgan fingerprint density at radius 1 is 1.64 bits per heavy atom. The molecule has 0 saturated carbocycles. The summed E-state index contributed by atoms with van der Waals surface area (Å²) in [5.74, 6) is 0.285. The molecule has 5 heteroatoms. The first kappa shape index (κ1) is 10.8. The van der Waals surface area contributed by atoms with E-state index in [-0.39, 0.29) is 12.5 Å². The van der Waals surface area contributed by atoms with Gasteiger partial charge in [0, 0.05) is 6.54 Å². The normalized spacial score (nSPS) is 9.86. The fourth-order valence-electron chi connectivity index (χ4n) is 1.12. The van der Waals surface area contributed by atoms with Crippen LogP contribution in [-0.2, 0) is 4.79 Å². The Hall–Kier alpha value is -1.29. The van der Waals surface area contributed by atoms with E-state index in [0.717, 1.165) is 0 Å². The highest BCUT2D eigenvalue weighted by Crippen LogP contribution is 2.13. The maximum atomic E-state index is 10.7. The monoisotopic (exact) mass is 213 g/mol. The van der Waals surface area contributed by atoms with Crippen LogP contribution >= 0.6 is 11.6 Å². The van der Waals surface area contributed by atoms with Gasteiger partial charge in [-0.15, -0.1) is 0 Å². The lowest BCUT2D eigenvalue weighted by atomic mass is 10.4. The Morgan fingerprint density at radius 3 is 2.86 bits per heavy atom. The van der Waals surface area contributed by atoms with Gasteiger partial charge in [-0.1, -0.05) is 17.7 Å². The van der Waals surface area contributed by atoms with Crippen LogP contribution in [0.2, 0.25) is 5.15 Å². The molecule has 0 aliphatic carbocycles. The first-order chi connectivity index (χ1) is 6.63. The molecule has 0 radical (unpaired) electrons. The van der Waals surface area contributed by atoms with Crippen LogP contribution in [0.5, 0.6) is 0 Å². The fraction of sp³-hybridized carbons (Fsp3) is 0.333. The van der Waals surface area contributed by atoms with Gasteiger partial charge in [0.2, 0.25) is 5.91 Å². The molecule has 14 heavy (non-hydrogen) atoms. The van der Waals surface area contributed by atoms with Gasteiger partial charge in [-0.3, -0.25) is 4.79 Å². The smallest absolute Gasteiger partial charge is 0.236 e. The molecule has 1 amide bonds. The number of primary amides is 1. The van der Waals surface area contributed by atoms with Gasteiger partial charge in [0.1, 0.15) is 11.0 Å². The Morgan fingerprint density at radius 2 is 2.36 bits per heavy atom. The van der Waals surface area contributed by atoms with Crippen molar-refractivity contribution in [3.05, 3.63) is 23.4 Å². The molecule has 1 aromatic rings. The van der Waals surface area contributed by atoms with Gasteiger partial charge >= 0.3 is 0 Å². The zero-order valence-electron chi connectivity index (χ0n) is 7.90. The number of anilines is 1. The Balaban J connectivity index is 2.83. The average molecular weight is 214 g/mol. The summed E-state index contributed by atoms with van der Waals surface area (Å²) in [7, 11) is 0. The lowest BCUT2D eigenvalue weighted by molar-refractivity contribution is -0.116. The highest BCUT2D eigenvalue weighted by Gasteiger charge is 2.08. The summed E-state index contributed by atoms with van der Waals surface area (Å²) in [4.78, 5) is 16.6. The number of rotatable bonds is 4. The SMILES string of the molecule is CCN(CC(N)=O)c1cccc(Cl)n1. The van der Waals surface area contributed by atoms with Crippen LogP contribution in [-0.4, -0.2) is 24.0 Å². The number of likely N-dealkylation sites (N-methyl/N-ethyl adjacent to an activating group) is 1. The van der Waals surface area contributed by atoms with Gasteiger partial charge in [0.05, 0.1) is 6.54 Å². The number of aromatic nitrogens is 1. The fourth-order valence-corrected chi connectivity index (χ4v) is 1.28. The molecule has 76 valence electrons. The molecule has 1 rings (SSSR count). The molecule has 0 atom stereocenters. The molecular formula is C9H12ClN3O. The van der Waals surface area contributed by atoms with Crippen LogP contribution in [0.25, 0.3) is 0 Å². The minimum atomic E-state index is -0.381. The van der Waals surface area contributed by atoms with Crippen LogP contribution in [0.1, 0.15) is 6.92 Å². The zero-order valence-corrected chi connectivity index (χ0v) is 8.66. The molecule has 1 aromatic heterocycles. The zero-order chi connectivity index (χ0) is 10.6. The highest BCUT2D eigenvalue weighted by atomic mass is 35.5. The summed E-state index contributed by atoms with van der Waals surface area (Å²) in [5, 5.41) is 0.408. The number of carbonyl (C=O) groups excluding carboxylic acids is 1. The molecule has 0 saturated heterocycles. The number of pyridine rings is 1. The van der Waals surface area contributed by atoms with Crippen LogP contribution < -0.4 is 10.6 Å². The van der Waals surface area contributed by atoms with E-state index >= 15 is 0 Å². The maximum absolute atomic E-state index is 10.7. The van der Waals surface area contributed by atoms with Gasteiger partial charge < -0.3 is 10.6 Å². The molecule has 0 bridgehead atoms.